The molecule has 0 aromatic heterocycles. The first-order chi connectivity index (χ1) is 12.4. The summed E-state index contributed by atoms with van der Waals surface area (Å²) in [5, 5.41) is 0. The molecular weight excluding hydrogens is 360 g/mol. The van der Waals surface area contributed by atoms with Crippen LogP contribution in [0, 0.1) is 22.9 Å². The van der Waals surface area contributed by atoms with E-state index in [0.717, 1.165) is 11.8 Å². The van der Waals surface area contributed by atoms with E-state index in [1.165, 1.54) is 0 Å². The van der Waals surface area contributed by atoms with Crippen LogP contribution in [0.3, 0.4) is 0 Å². The Kier molecular flexibility index (Phi) is 7.91. The van der Waals surface area contributed by atoms with Crippen molar-refractivity contribution in [3.05, 3.63) is 35.9 Å². The lowest BCUT2D eigenvalue weighted by molar-refractivity contribution is -0.109. The molecule has 27 heavy (non-hydrogen) atoms. The SMILES string of the molecule is CC(C)[Si](C#C[C@@](C#C[Si](C)(C)C)(C=O)c1ccccc1)(C(C)C)C(C)C. The van der Waals surface area contributed by atoms with Gasteiger partial charge in [-0.2, -0.15) is 0 Å². The van der Waals surface area contributed by atoms with Crippen LogP contribution in [0.4, 0.5) is 0 Å². The van der Waals surface area contributed by atoms with E-state index in [9.17, 15) is 4.79 Å². The summed E-state index contributed by atoms with van der Waals surface area (Å²) in [6, 6.07) is 9.84. The van der Waals surface area contributed by atoms with Gasteiger partial charge in [0.25, 0.3) is 0 Å². The second-order valence-corrected chi connectivity index (χ2v) is 19.8. The topological polar surface area (TPSA) is 17.1 Å². The first-order valence-corrected chi connectivity index (χ1v) is 15.7. The minimum absolute atomic E-state index is 0.523. The number of hydrogen-bond acceptors (Lipinski definition) is 1. The largest absolute Gasteiger partial charge is 0.300 e. The van der Waals surface area contributed by atoms with Crippen molar-refractivity contribution in [2.45, 2.75) is 83.2 Å². The number of carbonyl (C=O) groups is 1. The maximum Gasteiger partial charge on any atom is 0.170 e. The van der Waals surface area contributed by atoms with Gasteiger partial charge in [0.05, 0.1) is 0 Å². The summed E-state index contributed by atoms with van der Waals surface area (Å²) < 4.78 is 0. The molecule has 0 saturated heterocycles. The summed E-state index contributed by atoms with van der Waals surface area (Å²) in [5.74, 6) is 6.77. The second-order valence-electron chi connectivity index (χ2n) is 9.44. The van der Waals surface area contributed by atoms with E-state index in [1.807, 2.05) is 30.3 Å². The molecule has 0 aliphatic rings. The van der Waals surface area contributed by atoms with Gasteiger partial charge in [0.2, 0.25) is 0 Å². The molecule has 1 rings (SSSR count). The predicted octanol–water partition coefficient (Wildman–Crippen LogP) is 6.23. The highest BCUT2D eigenvalue weighted by atomic mass is 28.3. The molecule has 0 spiro atoms. The van der Waals surface area contributed by atoms with Crippen molar-refractivity contribution in [2.24, 2.45) is 0 Å². The molecule has 0 radical (unpaired) electrons. The van der Waals surface area contributed by atoms with Crippen molar-refractivity contribution in [3.8, 4) is 22.9 Å². The first kappa shape index (κ1) is 23.5. The molecule has 146 valence electrons. The van der Waals surface area contributed by atoms with Crippen molar-refractivity contribution in [1.82, 2.24) is 0 Å². The van der Waals surface area contributed by atoms with E-state index in [1.54, 1.807) is 0 Å². The summed E-state index contributed by atoms with van der Waals surface area (Å²) >= 11 is 0. The quantitative estimate of drug-likeness (QED) is 0.328. The van der Waals surface area contributed by atoms with Crippen LogP contribution in [-0.2, 0) is 10.2 Å². The van der Waals surface area contributed by atoms with Gasteiger partial charge in [0.1, 0.15) is 16.1 Å². The van der Waals surface area contributed by atoms with E-state index in [4.69, 9.17) is 0 Å². The molecule has 0 N–H and O–H groups in total. The van der Waals surface area contributed by atoms with Gasteiger partial charge in [-0.25, -0.2) is 0 Å². The van der Waals surface area contributed by atoms with Crippen molar-refractivity contribution in [2.75, 3.05) is 0 Å². The number of benzene rings is 1. The normalized spacial score (nSPS) is 14.2. The van der Waals surface area contributed by atoms with E-state index >= 15 is 0 Å². The maximum atomic E-state index is 12.4. The van der Waals surface area contributed by atoms with Gasteiger partial charge in [-0.3, -0.25) is 0 Å². The average Bonchev–Trinajstić information content (AvgIpc) is 2.57. The van der Waals surface area contributed by atoms with Gasteiger partial charge in [-0.15, -0.1) is 11.1 Å². The smallest absolute Gasteiger partial charge is 0.170 e. The van der Waals surface area contributed by atoms with Crippen LogP contribution in [0.5, 0.6) is 0 Å². The molecule has 0 aliphatic heterocycles. The van der Waals surface area contributed by atoms with Crippen molar-refractivity contribution < 1.29 is 4.79 Å². The van der Waals surface area contributed by atoms with Crippen LogP contribution < -0.4 is 0 Å². The van der Waals surface area contributed by atoms with Gasteiger partial charge in [0, 0.05) is 0 Å². The molecule has 0 fully saturated rings. The van der Waals surface area contributed by atoms with Crippen LogP contribution >= 0.6 is 0 Å². The molecule has 1 nitrogen and oxygen atoms in total. The number of aldehydes is 1. The zero-order chi connectivity index (χ0) is 20.9. The molecule has 0 aliphatic carbocycles. The number of rotatable bonds is 5. The van der Waals surface area contributed by atoms with Crippen LogP contribution in [0.15, 0.2) is 30.3 Å². The summed E-state index contributed by atoms with van der Waals surface area (Å²) in [7, 11) is -3.57. The minimum Gasteiger partial charge on any atom is -0.300 e. The molecule has 0 heterocycles. The summed E-state index contributed by atoms with van der Waals surface area (Å²) in [6.45, 7) is 20.3. The van der Waals surface area contributed by atoms with E-state index in [-0.39, 0.29) is 0 Å². The molecular formula is C24H36OSi2. The Morgan fingerprint density at radius 1 is 0.815 bits per heavy atom. The molecule has 0 saturated carbocycles. The molecule has 1 aromatic rings. The zero-order valence-electron chi connectivity index (χ0n) is 18.6. The molecule has 0 amide bonds. The fraction of sp³-hybridized carbons (Fsp3) is 0.542. The zero-order valence-corrected chi connectivity index (χ0v) is 20.6. The van der Waals surface area contributed by atoms with Crippen molar-refractivity contribution >= 4 is 22.4 Å². The standard InChI is InChI=1S/C24H36OSi2/c1-20(2)27(21(3)4,22(5)6)18-16-24(19-25,15-17-26(7,8)9)23-13-11-10-12-14-23/h10-14,19-22H,1-9H3/t24-/m0/s1. The second kappa shape index (κ2) is 9.09. The Hall–Kier alpha value is -1.56. The van der Waals surface area contributed by atoms with Gasteiger partial charge in [0.15, 0.2) is 11.7 Å². The molecule has 1 aromatic carbocycles. The predicted molar refractivity (Wildman–Crippen MR) is 124 cm³/mol. The number of hydrogen-bond donors (Lipinski definition) is 0. The van der Waals surface area contributed by atoms with E-state index in [2.05, 4.69) is 84.1 Å². The molecule has 0 bridgehead atoms. The highest BCUT2D eigenvalue weighted by Gasteiger charge is 2.42. The summed E-state index contributed by atoms with van der Waals surface area (Å²) in [5.41, 5.74) is 8.56. The summed E-state index contributed by atoms with van der Waals surface area (Å²) in [4.78, 5) is 12.4. The Morgan fingerprint density at radius 2 is 1.26 bits per heavy atom. The lowest BCUT2D eigenvalue weighted by atomic mass is 9.84. The Balaban J connectivity index is 3.75. The third-order valence-corrected chi connectivity index (χ3v) is 12.5. The fourth-order valence-electron chi connectivity index (χ4n) is 3.93. The van der Waals surface area contributed by atoms with Crippen LogP contribution in [0.2, 0.25) is 36.3 Å². The van der Waals surface area contributed by atoms with Crippen molar-refractivity contribution in [3.63, 3.8) is 0 Å². The minimum atomic E-state index is -1.94. The number of carbonyl (C=O) groups excluding carboxylic acids is 1. The summed E-state index contributed by atoms with van der Waals surface area (Å²) in [6.07, 6.45) is 0.961. The molecule has 1 atom stereocenters. The Labute approximate surface area is 169 Å². The lowest BCUT2D eigenvalue weighted by Gasteiger charge is -2.38. The highest BCUT2D eigenvalue weighted by molar-refractivity contribution is 6.90. The Bertz CT molecular complexity index is 727. The highest BCUT2D eigenvalue weighted by Crippen LogP contribution is 2.41. The van der Waals surface area contributed by atoms with Gasteiger partial charge in [-0.05, 0) is 22.2 Å². The van der Waals surface area contributed by atoms with Gasteiger partial charge < -0.3 is 4.79 Å². The van der Waals surface area contributed by atoms with Crippen molar-refractivity contribution in [1.29, 1.82) is 0 Å². The van der Waals surface area contributed by atoms with E-state index in [0.29, 0.717) is 16.6 Å². The van der Waals surface area contributed by atoms with Crippen LogP contribution in [0.25, 0.3) is 0 Å². The lowest BCUT2D eigenvalue weighted by Crippen LogP contribution is -2.44. The Morgan fingerprint density at radius 3 is 1.63 bits per heavy atom. The maximum absolute atomic E-state index is 12.4. The van der Waals surface area contributed by atoms with Gasteiger partial charge in [-0.1, -0.05) is 103 Å². The average molecular weight is 397 g/mol. The third-order valence-electron chi connectivity index (χ3n) is 5.38. The molecule has 0 unspecified atom stereocenters. The van der Waals surface area contributed by atoms with Gasteiger partial charge >= 0.3 is 0 Å². The van der Waals surface area contributed by atoms with Crippen LogP contribution in [-0.4, -0.2) is 22.4 Å². The van der Waals surface area contributed by atoms with Crippen LogP contribution in [0.1, 0.15) is 47.1 Å². The van der Waals surface area contributed by atoms with E-state index < -0.39 is 21.6 Å². The monoisotopic (exact) mass is 396 g/mol. The first-order valence-electron chi connectivity index (χ1n) is 10.0. The fourth-order valence-corrected chi connectivity index (χ4v) is 9.78. The molecule has 3 heteroatoms. The third kappa shape index (κ3) is 5.47.